The first-order valence-electron chi connectivity index (χ1n) is 12.9. The van der Waals surface area contributed by atoms with E-state index in [1.807, 2.05) is 0 Å². The van der Waals surface area contributed by atoms with E-state index in [-0.39, 0.29) is 73.0 Å². The van der Waals surface area contributed by atoms with Crippen LogP contribution >= 0.6 is 0 Å². The van der Waals surface area contributed by atoms with Crippen LogP contribution in [0.15, 0.2) is 6.07 Å². The number of urea groups is 1. The van der Waals surface area contributed by atoms with E-state index in [2.05, 4.69) is 5.32 Å². The first kappa shape index (κ1) is 28.7. The zero-order valence-corrected chi connectivity index (χ0v) is 21.6. The number of ether oxygens (including phenoxy) is 1. The first-order chi connectivity index (χ1) is 17.7. The van der Waals surface area contributed by atoms with E-state index in [1.165, 1.54) is 6.92 Å². The molecule has 1 heterocycles. The molecule has 0 spiro atoms. The van der Waals surface area contributed by atoms with E-state index in [0.717, 1.165) is 5.56 Å². The summed E-state index contributed by atoms with van der Waals surface area (Å²) in [6, 6.07) is 1.56. The highest BCUT2D eigenvalue weighted by molar-refractivity contribution is 6.02. The number of nitrogens with one attached hydrogen (secondary N) is 1. The molecule has 0 radical (unpaired) electrons. The van der Waals surface area contributed by atoms with Gasteiger partial charge in [0.2, 0.25) is 0 Å². The van der Waals surface area contributed by atoms with E-state index < -0.39 is 18.4 Å². The summed E-state index contributed by atoms with van der Waals surface area (Å²) in [4.78, 5) is 51.6. The van der Waals surface area contributed by atoms with Crippen LogP contribution in [0.25, 0.3) is 0 Å². The van der Waals surface area contributed by atoms with Crippen molar-refractivity contribution in [1.29, 1.82) is 0 Å². The summed E-state index contributed by atoms with van der Waals surface area (Å²) in [5.74, 6) is -2.31. The third-order valence-electron chi connectivity index (χ3n) is 7.40. The molecule has 1 aliphatic carbocycles. The normalized spacial score (nSPS) is 19.2. The Kier molecular flexibility index (Phi) is 10.2. The van der Waals surface area contributed by atoms with Gasteiger partial charge in [-0.3, -0.25) is 14.4 Å². The summed E-state index contributed by atoms with van der Waals surface area (Å²) in [6.45, 7) is 4.56. The molecule has 3 rings (SSSR count). The lowest BCUT2D eigenvalue weighted by atomic mass is 9.72. The third kappa shape index (κ3) is 7.15. The average molecular weight is 519 g/mol. The second-order valence-electron chi connectivity index (χ2n) is 10.2. The van der Waals surface area contributed by atoms with Crippen molar-refractivity contribution in [2.75, 3.05) is 39.5 Å². The number of Topliss-reactive ketones (excluding diaryl/α,β-unsaturated/α-hetero) is 3. The number of fused-ring (bicyclic) bond motifs is 1. The highest BCUT2D eigenvalue weighted by atomic mass is 16.5. The molecule has 3 unspecified atom stereocenters. The van der Waals surface area contributed by atoms with E-state index in [9.17, 15) is 34.5 Å². The molecular weight excluding hydrogens is 480 g/mol. The number of hydrogen-bond donors (Lipinski definition) is 4. The number of aliphatic hydroxyl groups excluding tert-OH is 2. The second kappa shape index (κ2) is 13.1. The number of aliphatic hydroxyl groups is 2. The van der Waals surface area contributed by atoms with Gasteiger partial charge in [-0.05, 0) is 61.6 Å². The molecule has 4 N–H and O–H groups in total. The van der Waals surface area contributed by atoms with Gasteiger partial charge >= 0.3 is 6.03 Å². The first-order valence-corrected chi connectivity index (χ1v) is 12.9. The van der Waals surface area contributed by atoms with E-state index in [1.54, 1.807) is 17.9 Å². The van der Waals surface area contributed by atoms with Crippen molar-refractivity contribution < 1.29 is 39.2 Å². The fraction of sp³-hybridized carbons (Fsp3) is 0.630. The fourth-order valence-electron chi connectivity index (χ4n) is 5.52. The molecule has 2 amide bonds. The standard InChI is InChI=1S/C27H38N2O8/c1-16-9-20(14-28-27(36)29-4-7-37-8-5-29)21-12-18(13-24(34)25(21)26(16)35)11-19(3-6-30)22(15-31)23(33)10-17(2)32/h9,18-19,22,30-31,35H,3-8,10-15H2,1-2H3,(H,28,36). The van der Waals surface area contributed by atoms with Crippen molar-refractivity contribution in [1.82, 2.24) is 10.2 Å². The maximum Gasteiger partial charge on any atom is 0.317 e. The SMILES string of the molecule is CC(=O)CC(=O)C(CO)C(CCO)CC1CC(=O)c2c(O)c(C)cc(CNC(=O)N3CCOCC3)c2C1. The van der Waals surface area contributed by atoms with Crippen molar-refractivity contribution in [3.63, 3.8) is 0 Å². The van der Waals surface area contributed by atoms with Gasteiger partial charge < -0.3 is 30.3 Å². The Balaban J connectivity index is 1.81. The Morgan fingerprint density at radius 2 is 1.89 bits per heavy atom. The number of rotatable bonds is 11. The number of aromatic hydroxyl groups is 1. The van der Waals surface area contributed by atoms with Gasteiger partial charge in [-0.1, -0.05) is 6.07 Å². The van der Waals surface area contributed by atoms with Crippen LogP contribution in [0, 0.1) is 24.7 Å². The van der Waals surface area contributed by atoms with Crippen molar-refractivity contribution in [2.24, 2.45) is 17.8 Å². The van der Waals surface area contributed by atoms with Crippen LogP contribution in [-0.4, -0.2) is 83.1 Å². The minimum Gasteiger partial charge on any atom is -0.507 e. The Morgan fingerprint density at radius 1 is 1.19 bits per heavy atom. The Morgan fingerprint density at radius 3 is 2.51 bits per heavy atom. The van der Waals surface area contributed by atoms with Crippen molar-refractivity contribution in [2.45, 2.75) is 52.5 Å². The van der Waals surface area contributed by atoms with Crippen LogP contribution in [0.3, 0.4) is 0 Å². The number of phenols is 1. The molecule has 1 saturated heterocycles. The Bertz CT molecular complexity index is 1020. The molecule has 1 aromatic rings. The topological polar surface area (TPSA) is 153 Å². The van der Waals surface area contributed by atoms with Gasteiger partial charge in [0.1, 0.15) is 17.3 Å². The Hall–Kier alpha value is -2.82. The molecule has 2 aliphatic rings. The zero-order valence-electron chi connectivity index (χ0n) is 21.6. The van der Waals surface area contributed by atoms with Gasteiger partial charge in [0, 0.05) is 38.6 Å². The summed E-state index contributed by atoms with van der Waals surface area (Å²) in [7, 11) is 0. The van der Waals surface area contributed by atoms with Crippen molar-refractivity contribution in [3.05, 3.63) is 28.3 Å². The van der Waals surface area contributed by atoms with E-state index >= 15 is 0 Å². The summed E-state index contributed by atoms with van der Waals surface area (Å²) in [5.41, 5.74) is 2.24. The maximum atomic E-state index is 13.2. The number of ketones is 3. The van der Waals surface area contributed by atoms with Crippen LogP contribution in [0.4, 0.5) is 4.79 Å². The Labute approximate surface area is 217 Å². The fourth-order valence-corrected chi connectivity index (χ4v) is 5.52. The lowest BCUT2D eigenvalue weighted by molar-refractivity contribution is -0.131. The maximum absolute atomic E-state index is 13.2. The molecule has 204 valence electrons. The quantitative estimate of drug-likeness (QED) is 0.322. The van der Waals surface area contributed by atoms with Crippen LogP contribution < -0.4 is 5.32 Å². The number of hydrogen-bond acceptors (Lipinski definition) is 8. The van der Waals surface area contributed by atoms with Crippen molar-refractivity contribution >= 4 is 23.4 Å². The molecule has 0 bridgehead atoms. The van der Waals surface area contributed by atoms with Crippen LogP contribution in [0.2, 0.25) is 0 Å². The lowest BCUT2D eigenvalue weighted by Gasteiger charge is -2.32. The van der Waals surface area contributed by atoms with Gasteiger partial charge in [0.25, 0.3) is 0 Å². The van der Waals surface area contributed by atoms with Gasteiger partial charge in [-0.25, -0.2) is 4.79 Å². The number of morpholine rings is 1. The molecule has 37 heavy (non-hydrogen) atoms. The molecule has 0 saturated carbocycles. The van der Waals surface area contributed by atoms with Gasteiger partial charge in [0.05, 0.1) is 31.8 Å². The van der Waals surface area contributed by atoms with E-state index in [0.29, 0.717) is 50.3 Å². The lowest BCUT2D eigenvalue weighted by Crippen LogP contribution is -2.46. The third-order valence-corrected chi connectivity index (χ3v) is 7.40. The number of amides is 2. The molecule has 1 aliphatic heterocycles. The van der Waals surface area contributed by atoms with Gasteiger partial charge in [-0.15, -0.1) is 0 Å². The number of nitrogens with zero attached hydrogens (tertiary/aromatic N) is 1. The molecule has 0 aromatic heterocycles. The van der Waals surface area contributed by atoms with Gasteiger partial charge in [0.15, 0.2) is 5.78 Å². The van der Waals surface area contributed by atoms with Crippen LogP contribution in [0.1, 0.15) is 59.7 Å². The van der Waals surface area contributed by atoms with Crippen molar-refractivity contribution in [3.8, 4) is 5.75 Å². The number of phenolic OH excluding ortho intramolecular Hbond substituents is 1. The summed E-state index contributed by atoms with van der Waals surface area (Å²) in [5, 5.41) is 33.1. The zero-order chi connectivity index (χ0) is 27.1. The number of carbonyl (C=O) groups excluding carboxylic acids is 4. The molecule has 1 fully saturated rings. The monoisotopic (exact) mass is 518 g/mol. The summed E-state index contributed by atoms with van der Waals surface area (Å²) in [6.07, 6.45) is 0.978. The minimum absolute atomic E-state index is 0.0570. The highest BCUT2D eigenvalue weighted by Crippen LogP contribution is 2.39. The smallest absolute Gasteiger partial charge is 0.317 e. The highest BCUT2D eigenvalue weighted by Gasteiger charge is 2.35. The predicted molar refractivity (Wildman–Crippen MR) is 134 cm³/mol. The molecule has 1 aromatic carbocycles. The number of carbonyl (C=O) groups is 4. The van der Waals surface area contributed by atoms with E-state index in [4.69, 9.17) is 4.74 Å². The number of benzene rings is 1. The number of aryl methyl sites for hydroxylation is 1. The van der Waals surface area contributed by atoms with Gasteiger partial charge in [-0.2, -0.15) is 0 Å². The summed E-state index contributed by atoms with van der Waals surface area (Å²) >= 11 is 0. The molecular formula is C27H38N2O8. The summed E-state index contributed by atoms with van der Waals surface area (Å²) < 4.78 is 5.29. The average Bonchev–Trinajstić information content (AvgIpc) is 2.85. The van der Waals surface area contributed by atoms with Crippen LogP contribution in [-0.2, 0) is 27.3 Å². The largest absolute Gasteiger partial charge is 0.507 e. The minimum atomic E-state index is -0.800. The molecule has 10 nitrogen and oxygen atoms in total. The van der Waals surface area contributed by atoms with Crippen LogP contribution in [0.5, 0.6) is 5.75 Å². The molecule has 3 atom stereocenters. The molecule has 10 heteroatoms. The second-order valence-corrected chi connectivity index (χ2v) is 10.2. The predicted octanol–water partition coefficient (Wildman–Crippen LogP) is 1.53.